The zero-order valence-corrected chi connectivity index (χ0v) is 16.7. The van der Waals surface area contributed by atoms with Crippen LogP contribution in [0.5, 0.6) is 0 Å². The summed E-state index contributed by atoms with van der Waals surface area (Å²) in [6.07, 6.45) is 7.23. The van der Waals surface area contributed by atoms with E-state index in [0.29, 0.717) is 19.6 Å². The maximum Gasteiger partial charge on any atom is 0.230 e. The average molecular weight is 372 g/mol. The van der Waals surface area contributed by atoms with Gasteiger partial charge in [0.2, 0.25) is 11.8 Å². The number of rotatable bonds is 4. The molecule has 0 N–H and O–H groups in total. The Morgan fingerprint density at radius 2 is 2.19 bits per heavy atom. The summed E-state index contributed by atoms with van der Waals surface area (Å²) < 4.78 is 8.10. The van der Waals surface area contributed by atoms with E-state index >= 15 is 0 Å². The Labute approximate surface area is 160 Å². The molecule has 2 bridgehead atoms. The molecule has 1 spiro atoms. The number of likely N-dealkylation sites (tertiary alicyclic amines) is 1. The number of nitrogens with zero attached hydrogens (tertiary/aromatic N) is 4. The van der Waals surface area contributed by atoms with Crippen LogP contribution in [0.4, 0.5) is 0 Å². The normalized spacial score (nSPS) is 31.7. The molecule has 3 aliphatic rings. The largest absolute Gasteiger partial charge is 0.360 e. The average Bonchev–Trinajstić information content (AvgIpc) is 3.29. The first-order chi connectivity index (χ1) is 12.6. The fourth-order valence-corrected chi connectivity index (χ4v) is 4.66. The number of carbonyl (C=O) groups is 2. The highest BCUT2D eigenvalue weighted by Crippen LogP contribution is 2.52. The quantitative estimate of drug-likeness (QED) is 0.745. The summed E-state index contributed by atoms with van der Waals surface area (Å²) in [5, 5.41) is 0. The number of hydrogen-bond donors (Lipinski definition) is 0. The van der Waals surface area contributed by atoms with Gasteiger partial charge in [0.1, 0.15) is 11.4 Å². The van der Waals surface area contributed by atoms with Crippen molar-refractivity contribution in [3.05, 3.63) is 30.4 Å². The number of carbonyl (C=O) groups excluding carboxylic acids is 2. The van der Waals surface area contributed by atoms with Gasteiger partial charge in [-0.1, -0.05) is 32.9 Å². The Morgan fingerprint density at radius 3 is 2.81 bits per heavy atom. The minimum atomic E-state index is -0.641. The maximum atomic E-state index is 13.3. The first-order valence-electron chi connectivity index (χ1n) is 9.48. The topological polar surface area (TPSA) is 67.7 Å². The lowest BCUT2D eigenvalue weighted by Crippen LogP contribution is -2.45. The number of imidazole rings is 1. The van der Waals surface area contributed by atoms with Crippen molar-refractivity contribution in [2.75, 3.05) is 20.1 Å². The molecular formula is C20H28N4O3. The Morgan fingerprint density at radius 1 is 1.44 bits per heavy atom. The van der Waals surface area contributed by atoms with Gasteiger partial charge in [-0.05, 0) is 5.41 Å². The van der Waals surface area contributed by atoms with Crippen molar-refractivity contribution >= 4 is 11.8 Å². The number of amides is 2. The van der Waals surface area contributed by atoms with Crippen molar-refractivity contribution in [2.24, 2.45) is 24.3 Å². The van der Waals surface area contributed by atoms with Crippen LogP contribution in [0.3, 0.4) is 0 Å². The van der Waals surface area contributed by atoms with Gasteiger partial charge in [-0.3, -0.25) is 9.59 Å². The maximum absolute atomic E-state index is 13.3. The zero-order valence-electron chi connectivity index (χ0n) is 16.7. The molecule has 0 aromatic carbocycles. The van der Waals surface area contributed by atoms with Crippen molar-refractivity contribution in [1.29, 1.82) is 0 Å². The van der Waals surface area contributed by atoms with Crippen molar-refractivity contribution in [2.45, 2.75) is 39.0 Å². The van der Waals surface area contributed by atoms with Gasteiger partial charge in [0.15, 0.2) is 0 Å². The van der Waals surface area contributed by atoms with E-state index in [1.807, 2.05) is 34.9 Å². The third-order valence-electron chi connectivity index (χ3n) is 5.80. The molecule has 4 atom stereocenters. The number of ether oxygens (including phenoxy) is 1. The lowest BCUT2D eigenvalue weighted by Gasteiger charge is -2.29. The van der Waals surface area contributed by atoms with Gasteiger partial charge in [0, 0.05) is 33.0 Å². The van der Waals surface area contributed by atoms with Crippen LogP contribution in [0.25, 0.3) is 0 Å². The summed E-state index contributed by atoms with van der Waals surface area (Å²) in [5.41, 5.74) is -0.640. The van der Waals surface area contributed by atoms with E-state index in [2.05, 4.69) is 25.8 Å². The van der Waals surface area contributed by atoms with Crippen molar-refractivity contribution in [3.8, 4) is 0 Å². The highest BCUT2D eigenvalue weighted by atomic mass is 16.5. The second kappa shape index (κ2) is 5.92. The minimum absolute atomic E-state index is 0.00115. The lowest BCUT2D eigenvalue weighted by molar-refractivity contribution is -0.143. The van der Waals surface area contributed by atoms with Crippen LogP contribution in [0, 0.1) is 17.3 Å². The predicted molar refractivity (Wildman–Crippen MR) is 99.4 cm³/mol. The van der Waals surface area contributed by atoms with Crippen LogP contribution in [0.2, 0.25) is 0 Å². The van der Waals surface area contributed by atoms with Crippen molar-refractivity contribution in [3.63, 3.8) is 0 Å². The first kappa shape index (κ1) is 18.2. The molecule has 2 saturated heterocycles. The van der Waals surface area contributed by atoms with Crippen LogP contribution in [-0.4, -0.2) is 63.0 Å². The van der Waals surface area contributed by atoms with Crippen molar-refractivity contribution in [1.82, 2.24) is 19.4 Å². The van der Waals surface area contributed by atoms with Gasteiger partial charge >= 0.3 is 0 Å². The van der Waals surface area contributed by atoms with E-state index in [9.17, 15) is 9.59 Å². The molecule has 146 valence electrons. The standard InChI is InChI=1S/C20H28N4O3/c1-19(2,3)11-24-12-20-7-6-13(27-20)15(16(20)18(24)26)17(25)23(5)10-14-21-8-9-22(14)4/h6-9,13,15-16H,10-12H2,1-5H3/t13-,15-,16-,20-/m0/s1. The van der Waals surface area contributed by atoms with Crippen molar-refractivity contribution < 1.29 is 14.3 Å². The Balaban J connectivity index is 1.55. The van der Waals surface area contributed by atoms with Gasteiger partial charge in [-0.15, -0.1) is 0 Å². The van der Waals surface area contributed by atoms with E-state index in [1.54, 1.807) is 18.1 Å². The molecule has 1 aromatic rings. The van der Waals surface area contributed by atoms with Crippen LogP contribution in [0.15, 0.2) is 24.5 Å². The molecule has 0 radical (unpaired) electrons. The van der Waals surface area contributed by atoms with E-state index in [-0.39, 0.29) is 23.3 Å². The van der Waals surface area contributed by atoms with Gasteiger partial charge in [-0.2, -0.15) is 0 Å². The molecule has 7 heteroatoms. The molecule has 2 fully saturated rings. The fourth-order valence-electron chi connectivity index (χ4n) is 4.66. The highest BCUT2D eigenvalue weighted by Gasteiger charge is 2.67. The molecular weight excluding hydrogens is 344 g/mol. The second-order valence-electron chi connectivity index (χ2n) is 9.30. The third-order valence-corrected chi connectivity index (χ3v) is 5.80. The van der Waals surface area contributed by atoms with E-state index in [4.69, 9.17) is 4.74 Å². The molecule has 0 unspecified atom stereocenters. The molecule has 4 rings (SSSR count). The molecule has 1 aromatic heterocycles. The van der Waals surface area contributed by atoms with Gasteiger partial charge in [0.25, 0.3) is 0 Å². The van der Waals surface area contributed by atoms with E-state index in [1.165, 1.54) is 0 Å². The van der Waals surface area contributed by atoms with Crippen LogP contribution in [-0.2, 0) is 27.9 Å². The Bertz CT molecular complexity index is 808. The first-order valence-corrected chi connectivity index (χ1v) is 9.48. The molecule has 2 amide bonds. The molecule has 27 heavy (non-hydrogen) atoms. The predicted octanol–water partition coefficient (Wildman–Crippen LogP) is 1.21. The second-order valence-corrected chi connectivity index (χ2v) is 9.30. The summed E-state index contributed by atoms with van der Waals surface area (Å²) in [5.74, 6) is -0.0816. The molecule has 3 aliphatic heterocycles. The zero-order chi connectivity index (χ0) is 19.6. The summed E-state index contributed by atoms with van der Waals surface area (Å²) >= 11 is 0. The molecule has 7 nitrogen and oxygen atoms in total. The summed E-state index contributed by atoms with van der Waals surface area (Å²) in [6, 6.07) is 0. The molecule has 4 heterocycles. The monoisotopic (exact) mass is 372 g/mol. The molecule has 0 aliphatic carbocycles. The minimum Gasteiger partial charge on any atom is -0.360 e. The SMILES string of the molecule is CN(Cc1nccn1C)C(=O)[C@H]1[C@@H]2C=C[C@@]3(CN(CC(C)(C)C)C(=O)[C@H]13)O2. The van der Waals surface area contributed by atoms with E-state index in [0.717, 1.165) is 5.82 Å². The molecule has 0 saturated carbocycles. The number of aryl methyl sites for hydroxylation is 1. The number of hydrogen-bond acceptors (Lipinski definition) is 4. The smallest absolute Gasteiger partial charge is 0.230 e. The Kier molecular flexibility index (Phi) is 4.00. The van der Waals surface area contributed by atoms with Crippen LogP contribution < -0.4 is 0 Å². The lowest BCUT2D eigenvalue weighted by atomic mass is 9.76. The number of aromatic nitrogens is 2. The number of fused-ring (bicyclic) bond motifs is 1. The van der Waals surface area contributed by atoms with Gasteiger partial charge in [-0.25, -0.2) is 4.98 Å². The fraction of sp³-hybridized carbons (Fsp3) is 0.650. The third kappa shape index (κ3) is 2.88. The summed E-state index contributed by atoms with van der Waals surface area (Å²) in [4.78, 5) is 34.3. The van der Waals surface area contributed by atoms with Crippen LogP contribution in [0.1, 0.15) is 26.6 Å². The van der Waals surface area contributed by atoms with Crippen LogP contribution >= 0.6 is 0 Å². The van der Waals surface area contributed by atoms with Gasteiger partial charge < -0.3 is 19.1 Å². The highest BCUT2D eigenvalue weighted by molar-refractivity contribution is 5.93. The summed E-state index contributed by atoms with van der Waals surface area (Å²) in [7, 11) is 3.68. The van der Waals surface area contributed by atoms with Gasteiger partial charge in [0.05, 0.1) is 31.0 Å². The Hall–Kier alpha value is -2.15. The summed E-state index contributed by atoms with van der Waals surface area (Å²) in [6.45, 7) is 7.95. The van der Waals surface area contributed by atoms with E-state index < -0.39 is 17.4 Å².